The van der Waals surface area contributed by atoms with E-state index in [1.54, 1.807) is 13.1 Å². The molecule has 1 atom stereocenters. The van der Waals surface area contributed by atoms with Gasteiger partial charge >= 0.3 is 0 Å². The molecular formula is C15H13BrF3NO. The van der Waals surface area contributed by atoms with Crippen LogP contribution in [0.1, 0.15) is 17.2 Å². The summed E-state index contributed by atoms with van der Waals surface area (Å²) >= 11 is 3.11. The summed E-state index contributed by atoms with van der Waals surface area (Å²) in [5.74, 6) is -2.00. The maximum atomic E-state index is 13.6. The zero-order valence-electron chi connectivity index (χ0n) is 11.4. The molecule has 0 aliphatic heterocycles. The number of ether oxygens (including phenoxy) is 1. The summed E-state index contributed by atoms with van der Waals surface area (Å²) < 4.78 is 45.5. The van der Waals surface area contributed by atoms with Crippen LogP contribution in [0.5, 0.6) is 5.75 Å². The van der Waals surface area contributed by atoms with Gasteiger partial charge in [-0.15, -0.1) is 0 Å². The smallest absolute Gasteiger partial charge is 0.159 e. The average Bonchev–Trinajstić information content (AvgIpc) is 2.46. The summed E-state index contributed by atoms with van der Waals surface area (Å²) in [4.78, 5) is 0. The van der Waals surface area contributed by atoms with E-state index in [9.17, 15) is 13.2 Å². The first-order chi connectivity index (χ1) is 9.97. The fourth-order valence-electron chi connectivity index (χ4n) is 2.14. The zero-order valence-corrected chi connectivity index (χ0v) is 13.0. The lowest BCUT2D eigenvalue weighted by Gasteiger charge is -2.20. The van der Waals surface area contributed by atoms with E-state index in [4.69, 9.17) is 4.74 Å². The molecule has 0 saturated carbocycles. The Morgan fingerprint density at radius 3 is 2.33 bits per heavy atom. The molecule has 0 radical (unpaired) electrons. The lowest BCUT2D eigenvalue weighted by molar-refractivity contribution is 0.401. The van der Waals surface area contributed by atoms with E-state index in [0.29, 0.717) is 16.9 Å². The first-order valence-electron chi connectivity index (χ1n) is 6.13. The van der Waals surface area contributed by atoms with Crippen molar-refractivity contribution < 1.29 is 17.9 Å². The molecule has 112 valence electrons. The summed E-state index contributed by atoms with van der Waals surface area (Å²) in [5.41, 5.74) is 1.12. The molecule has 0 bridgehead atoms. The molecule has 2 aromatic rings. The lowest BCUT2D eigenvalue weighted by Crippen LogP contribution is -2.19. The van der Waals surface area contributed by atoms with Crippen LogP contribution in [0.2, 0.25) is 0 Å². The molecular weight excluding hydrogens is 347 g/mol. The molecule has 2 aromatic carbocycles. The Hall–Kier alpha value is -1.53. The Morgan fingerprint density at radius 2 is 1.76 bits per heavy atom. The quantitative estimate of drug-likeness (QED) is 0.883. The van der Waals surface area contributed by atoms with Crippen LogP contribution in [0.25, 0.3) is 0 Å². The van der Waals surface area contributed by atoms with Gasteiger partial charge in [0.2, 0.25) is 0 Å². The van der Waals surface area contributed by atoms with Gasteiger partial charge in [-0.2, -0.15) is 0 Å². The van der Waals surface area contributed by atoms with Crippen LogP contribution in [0.15, 0.2) is 34.8 Å². The van der Waals surface area contributed by atoms with Crippen LogP contribution in [0, 0.1) is 17.5 Å². The Kier molecular flexibility index (Phi) is 4.90. The van der Waals surface area contributed by atoms with Crippen LogP contribution < -0.4 is 10.1 Å². The zero-order chi connectivity index (χ0) is 15.6. The van der Waals surface area contributed by atoms with Crippen molar-refractivity contribution in [2.45, 2.75) is 6.04 Å². The molecule has 0 heterocycles. The number of methoxy groups -OCH3 is 1. The van der Waals surface area contributed by atoms with Crippen LogP contribution in [-0.2, 0) is 0 Å². The van der Waals surface area contributed by atoms with E-state index in [-0.39, 0.29) is 4.47 Å². The molecule has 2 nitrogen and oxygen atoms in total. The van der Waals surface area contributed by atoms with Crippen molar-refractivity contribution in [3.05, 3.63) is 63.4 Å². The maximum absolute atomic E-state index is 13.6. The van der Waals surface area contributed by atoms with Crippen LogP contribution >= 0.6 is 15.9 Å². The van der Waals surface area contributed by atoms with Gasteiger partial charge in [-0.3, -0.25) is 0 Å². The summed E-state index contributed by atoms with van der Waals surface area (Å²) in [7, 11) is 3.09. The molecule has 0 spiro atoms. The fraction of sp³-hybridized carbons (Fsp3) is 0.200. The minimum atomic E-state index is -0.937. The SMILES string of the molecule is CNC(c1ccc(F)c(F)c1)c1cc(Br)c(F)cc1OC. The minimum Gasteiger partial charge on any atom is -0.496 e. The normalized spacial score (nSPS) is 12.3. The number of halogens is 4. The Bertz CT molecular complexity index is 664. The van der Waals surface area contributed by atoms with Gasteiger partial charge < -0.3 is 10.1 Å². The van der Waals surface area contributed by atoms with Crippen molar-refractivity contribution in [3.8, 4) is 5.75 Å². The molecule has 6 heteroatoms. The van der Waals surface area contributed by atoms with Crippen molar-refractivity contribution in [2.24, 2.45) is 0 Å². The van der Waals surface area contributed by atoms with E-state index in [1.165, 1.54) is 19.2 Å². The molecule has 2 rings (SSSR count). The number of hydrogen-bond donors (Lipinski definition) is 1. The van der Waals surface area contributed by atoms with E-state index in [1.807, 2.05) is 0 Å². The summed E-state index contributed by atoms with van der Waals surface area (Å²) in [5, 5.41) is 2.99. The molecule has 0 aliphatic rings. The van der Waals surface area contributed by atoms with E-state index < -0.39 is 23.5 Å². The Labute approximate surface area is 129 Å². The average molecular weight is 360 g/mol. The van der Waals surface area contributed by atoms with Crippen molar-refractivity contribution >= 4 is 15.9 Å². The van der Waals surface area contributed by atoms with Gasteiger partial charge in [-0.1, -0.05) is 6.07 Å². The Balaban J connectivity index is 2.55. The monoisotopic (exact) mass is 359 g/mol. The predicted octanol–water partition coefficient (Wildman–Crippen LogP) is 4.18. The number of nitrogens with one attached hydrogen (secondary N) is 1. The summed E-state index contributed by atoms with van der Waals surface area (Å²) in [6.45, 7) is 0. The molecule has 0 amide bonds. The minimum absolute atomic E-state index is 0.265. The van der Waals surface area contributed by atoms with Gasteiger partial charge in [0, 0.05) is 11.6 Å². The summed E-state index contributed by atoms with van der Waals surface area (Å²) in [6.07, 6.45) is 0. The highest BCUT2D eigenvalue weighted by molar-refractivity contribution is 9.10. The van der Waals surface area contributed by atoms with E-state index in [0.717, 1.165) is 12.1 Å². The van der Waals surface area contributed by atoms with Crippen LogP contribution in [0.3, 0.4) is 0 Å². The molecule has 0 aliphatic carbocycles. The second kappa shape index (κ2) is 6.49. The highest BCUT2D eigenvalue weighted by atomic mass is 79.9. The lowest BCUT2D eigenvalue weighted by atomic mass is 9.97. The molecule has 21 heavy (non-hydrogen) atoms. The summed E-state index contributed by atoms with van der Waals surface area (Å²) in [6, 6.07) is 5.95. The first kappa shape index (κ1) is 15.9. The maximum Gasteiger partial charge on any atom is 0.159 e. The van der Waals surface area contributed by atoms with E-state index >= 15 is 0 Å². The highest BCUT2D eigenvalue weighted by Gasteiger charge is 2.20. The van der Waals surface area contributed by atoms with Gasteiger partial charge in [0.15, 0.2) is 11.6 Å². The van der Waals surface area contributed by atoms with Crippen molar-refractivity contribution in [1.82, 2.24) is 5.32 Å². The van der Waals surface area contributed by atoms with E-state index in [2.05, 4.69) is 21.2 Å². The van der Waals surface area contributed by atoms with Gasteiger partial charge in [0.25, 0.3) is 0 Å². The van der Waals surface area contributed by atoms with Crippen molar-refractivity contribution in [3.63, 3.8) is 0 Å². The number of rotatable bonds is 4. The largest absolute Gasteiger partial charge is 0.496 e. The van der Waals surface area contributed by atoms with Crippen LogP contribution in [-0.4, -0.2) is 14.2 Å². The number of benzene rings is 2. The van der Waals surface area contributed by atoms with Crippen molar-refractivity contribution in [2.75, 3.05) is 14.2 Å². The van der Waals surface area contributed by atoms with Crippen LogP contribution in [0.4, 0.5) is 13.2 Å². The second-order valence-electron chi connectivity index (χ2n) is 4.40. The van der Waals surface area contributed by atoms with Crippen molar-refractivity contribution in [1.29, 1.82) is 0 Å². The Morgan fingerprint density at radius 1 is 1.05 bits per heavy atom. The highest BCUT2D eigenvalue weighted by Crippen LogP contribution is 2.34. The topological polar surface area (TPSA) is 21.3 Å². The molecule has 0 fully saturated rings. The fourth-order valence-corrected chi connectivity index (χ4v) is 2.50. The molecule has 0 aromatic heterocycles. The number of hydrogen-bond acceptors (Lipinski definition) is 2. The third-order valence-electron chi connectivity index (χ3n) is 3.15. The van der Waals surface area contributed by atoms with Gasteiger partial charge in [-0.05, 0) is 46.7 Å². The standard InChI is InChI=1S/C15H13BrF3NO/c1-20-15(8-3-4-11(17)13(19)5-8)9-6-10(16)12(18)7-14(9)21-2/h3-7,15,20H,1-2H3. The van der Waals surface area contributed by atoms with Gasteiger partial charge in [-0.25, -0.2) is 13.2 Å². The first-order valence-corrected chi connectivity index (χ1v) is 6.92. The molecule has 1 N–H and O–H groups in total. The molecule has 1 unspecified atom stereocenters. The third-order valence-corrected chi connectivity index (χ3v) is 3.76. The van der Waals surface area contributed by atoms with Gasteiger partial charge in [0.1, 0.15) is 11.6 Å². The molecule has 0 saturated heterocycles. The third kappa shape index (κ3) is 3.22. The predicted molar refractivity (Wildman–Crippen MR) is 77.9 cm³/mol. The van der Waals surface area contributed by atoms with Gasteiger partial charge in [0.05, 0.1) is 17.6 Å². The second-order valence-corrected chi connectivity index (χ2v) is 5.26.